The van der Waals surface area contributed by atoms with E-state index in [9.17, 15) is 8.42 Å². The van der Waals surface area contributed by atoms with Crippen molar-refractivity contribution in [1.29, 1.82) is 0 Å². The first kappa shape index (κ1) is 16.7. The topological polar surface area (TPSA) is 92.7 Å². The zero-order valence-electron chi connectivity index (χ0n) is 12.3. The van der Waals surface area contributed by atoms with E-state index in [4.69, 9.17) is 10.9 Å². The van der Waals surface area contributed by atoms with Crippen molar-refractivity contribution in [3.05, 3.63) is 18.2 Å². The standard InChI is InChI=1S/C13H24N4O2S/c1-4-8-17(10-9-16(2)3)11-6-5-7-12(13(11)14)20(15,18)19/h5-7H,4,8-10,14H2,1-3H3,(H2,15,18,19). The fraction of sp³-hybridized carbons (Fsp3) is 0.538. The maximum atomic E-state index is 11.5. The van der Waals surface area contributed by atoms with E-state index in [1.165, 1.54) is 6.07 Å². The molecule has 4 N–H and O–H groups in total. The Hall–Kier alpha value is -1.31. The van der Waals surface area contributed by atoms with Crippen LogP contribution < -0.4 is 15.8 Å². The Labute approximate surface area is 121 Å². The molecule has 6 nitrogen and oxygen atoms in total. The van der Waals surface area contributed by atoms with E-state index >= 15 is 0 Å². The van der Waals surface area contributed by atoms with E-state index in [2.05, 4.69) is 16.7 Å². The highest BCUT2D eigenvalue weighted by atomic mass is 32.2. The van der Waals surface area contributed by atoms with Crippen LogP contribution >= 0.6 is 0 Å². The molecule has 1 aromatic rings. The number of benzene rings is 1. The molecule has 20 heavy (non-hydrogen) atoms. The molecule has 114 valence electrons. The predicted octanol–water partition coefficient (Wildman–Crippen LogP) is 0.694. The highest BCUT2D eigenvalue weighted by Crippen LogP contribution is 2.29. The van der Waals surface area contributed by atoms with Gasteiger partial charge in [-0.15, -0.1) is 0 Å². The lowest BCUT2D eigenvalue weighted by atomic mass is 10.2. The lowest BCUT2D eigenvalue weighted by molar-refractivity contribution is 0.413. The Morgan fingerprint density at radius 2 is 1.80 bits per heavy atom. The molecule has 0 heterocycles. The third kappa shape index (κ3) is 4.36. The summed E-state index contributed by atoms with van der Waals surface area (Å²) in [6.45, 7) is 4.52. The van der Waals surface area contributed by atoms with Crippen molar-refractivity contribution in [2.24, 2.45) is 5.14 Å². The van der Waals surface area contributed by atoms with Gasteiger partial charge in [0.1, 0.15) is 4.90 Å². The largest absolute Gasteiger partial charge is 0.396 e. The number of sulfonamides is 1. The lowest BCUT2D eigenvalue weighted by Crippen LogP contribution is -2.33. The summed E-state index contributed by atoms with van der Waals surface area (Å²) in [7, 11) is 0.191. The number of para-hydroxylation sites is 1. The number of rotatable bonds is 7. The van der Waals surface area contributed by atoms with Crippen molar-refractivity contribution in [3.63, 3.8) is 0 Å². The smallest absolute Gasteiger partial charge is 0.240 e. The number of nitrogens with two attached hydrogens (primary N) is 2. The summed E-state index contributed by atoms with van der Waals surface area (Å²) in [5.74, 6) is 0. The number of nitrogen functional groups attached to an aromatic ring is 1. The normalized spacial score (nSPS) is 11.8. The van der Waals surface area contributed by atoms with Crippen LogP contribution in [-0.2, 0) is 10.0 Å². The monoisotopic (exact) mass is 300 g/mol. The van der Waals surface area contributed by atoms with Gasteiger partial charge >= 0.3 is 0 Å². The summed E-state index contributed by atoms with van der Waals surface area (Å²) in [4.78, 5) is 4.15. The molecule has 0 unspecified atom stereocenters. The first-order valence-corrected chi connectivity index (χ1v) is 8.13. The average Bonchev–Trinajstić information content (AvgIpc) is 2.33. The number of hydrogen-bond acceptors (Lipinski definition) is 5. The molecule has 0 amide bonds. The van der Waals surface area contributed by atoms with Crippen molar-refractivity contribution in [3.8, 4) is 0 Å². The SMILES string of the molecule is CCCN(CCN(C)C)c1cccc(S(N)(=O)=O)c1N. The van der Waals surface area contributed by atoms with E-state index in [-0.39, 0.29) is 10.6 Å². The second-order valence-electron chi connectivity index (χ2n) is 5.02. The minimum absolute atomic E-state index is 0.0130. The van der Waals surface area contributed by atoms with E-state index in [0.717, 1.165) is 31.7 Å². The minimum Gasteiger partial charge on any atom is -0.396 e. The van der Waals surface area contributed by atoms with Gasteiger partial charge in [-0.2, -0.15) is 0 Å². The van der Waals surface area contributed by atoms with Gasteiger partial charge < -0.3 is 15.5 Å². The molecule has 7 heteroatoms. The highest BCUT2D eigenvalue weighted by Gasteiger charge is 2.18. The summed E-state index contributed by atoms with van der Waals surface area (Å²) in [5.41, 5.74) is 6.94. The quantitative estimate of drug-likeness (QED) is 0.723. The predicted molar refractivity (Wildman–Crippen MR) is 83.3 cm³/mol. The first-order valence-electron chi connectivity index (χ1n) is 6.58. The van der Waals surface area contributed by atoms with Crippen LogP contribution in [0.1, 0.15) is 13.3 Å². The van der Waals surface area contributed by atoms with Gasteiger partial charge in [-0.25, -0.2) is 13.6 Å². The molecule has 0 aliphatic heterocycles. The summed E-state index contributed by atoms with van der Waals surface area (Å²) in [6.07, 6.45) is 0.951. The first-order chi connectivity index (χ1) is 9.27. The Morgan fingerprint density at radius 1 is 1.15 bits per heavy atom. The molecule has 0 saturated carbocycles. The molecule has 0 aliphatic carbocycles. The van der Waals surface area contributed by atoms with E-state index in [1.54, 1.807) is 6.07 Å². The molecule has 0 atom stereocenters. The second kappa shape index (κ2) is 6.92. The van der Waals surface area contributed by atoms with Gasteiger partial charge in [0.15, 0.2) is 0 Å². The van der Waals surface area contributed by atoms with Crippen molar-refractivity contribution in [2.75, 3.05) is 44.4 Å². The molecule has 0 fully saturated rings. The van der Waals surface area contributed by atoms with Crippen molar-refractivity contribution < 1.29 is 8.42 Å². The Balaban J connectivity index is 3.14. The average molecular weight is 300 g/mol. The molecule has 1 rings (SSSR count). The van der Waals surface area contributed by atoms with Crippen LogP contribution in [0.15, 0.2) is 23.1 Å². The van der Waals surface area contributed by atoms with Crippen LogP contribution in [0.5, 0.6) is 0 Å². The third-order valence-electron chi connectivity index (χ3n) is 3.00. The molecule has 1 aromatic carbocycles. The van der Waals surface area contributed by atoms with Crippen LogP contribution in [-0.4, -0.2) is 47.0 Å². The van der Waals surface area contributed by atoms with Crippen molar-refractivity contribution >= 4 is 21.4 Å². The van der Waals surface area contributed by atoms with Crippen LogP contribution in [0, 0.1) is 0 Å². The molecular formula is C13H24N4O2S. The molecule has 0 radical (unpaired) electrons. The second-order valence-corrected chi connectivity index (χ2v) is 6.55. The molecular weight excluding hydrogens is 276 g/mol. The van der Waals surface area contributed by atoms with Gasteiger partial charge in [0.2, 0.25) is 10.0 Å². The summed E-state index contributed by atoms with van der Waals surface area (Å²) >= 11 is 0. The minimum atomic E-state index is -3.80. The van der Waals surface area contributed by atoms with E-state index in [0.29, 0.717) is 0 Å². The van der Waals surface area contributed by atoms with Gasteiger partial charge in [-0.05, 0) is 32.6 Å². The summed E-state index contributed by atoms with van der Waals surface area (Å²) in [5, 5.41) is 5.19. The van der Waals surface area contributed by atoms with Gasteiger partial charge in [0, 0.05) is 19.6 Å². The van der Waals surface area contributed by atoms with Gasteiger partial charge in [-0.3, -0.25) is 0 Å². The summed E-state index contributed by atoms with van der Waals surface area (Å²) in [6, 6.07) is 4.93. The molecule has 0 aliphatic rings. The molecule has 0 bridgehead atoms. The van der Waals surface area contributed by atoms with Gasteiger partial charge in [-0.1, -0.05) is 13.0 Å². The maximum absolute atomic E-state index is 11.5. The number of primary sulfonamides is 1. The van der Waals surface area contributed by atoms with E-state index in [1.807, 2.05) is 20.2 Å². The Bertz CT molecular complexity index is 543. The number of hydrogen-bond donors (Lipinski definition) is 2. The number of anilines is 2. The third-order valence-corrected chi connectivity index (χ3v) is 3.97. The summed E-state index contributed by atoms with van der Waals surface area (Å²) < 4.78 is 23.0. The Morgan fingerprint density at radius 3 is 2.30 bits per heavy atom. The van der Waals surface area contributed by atoms with Crippen molar-refractivity contribution in [2.45, 2.75) is 18.2 Å². The van der Waals surface area contributed by atoms with Crippen LogP contribution in [0.25, 0.3) is 0 Å². The van der Waals surface area contributed by atoms with E-state index < -0.39 is 10.0 Å². The van der Waals surface area contributed by atoms with Crippen LogP contribution in [0.3, 0.4) is 0 Å². The molecule has 0 aromatic heterocycles. The highest BCUT2D eigenvalue weighted by molar-refractivity contribution is 7.89. The Kier molecular flexibility index (Phi) is 5.79. The lowest BCUT2D eigenvalue weighted by Gasteiger charge is -2.27. The maximum Gasteiger partial charge on any atom is 0.240 e. The fourth-order valence-corrected chi connectivity index (χ4v) is 2.68. The van der Waals surface area contributed by atoms with Gasteiger partial charge in [0.25, 0.3) is 0 Å². The van der Waals surface area contributed by atoms with Crippen LogP contribution in [0.4, 0.5) is 11.4 Å². The van der Waals surface area contributed by atoms with Gasteiger partial charge in [0.05, 0.1) is 11.4 Å². The van der Waals surface area contributed by atoms with Crippen LogP contribution in [0.2, 0.25) is 0 Å². The molecule has 0 saturated heterocycles. The molecule has 0 spiro atoms. The number of likely N-dealkylation sites (N-methyl/N-ethyl adjacent to an activating group) is 1. The van der Waals surface area contributed by atoms with Crippen molar-refractivity contribution in [1.82, 2.24) is 4.90 Å². The zero-order chi connectivity index (χ0) is 15.3. The zero-order valence-corrected chi connectivity index (χ0v) is 13.2. The fourth-order valence-electron chi connectivity index (χ4n) is 2.00. The number of nitrogens with zero attached hydrogens (tertiary/aromatic N) is 2.